The predicted molar refractivity (Wildman–Crippen MR) is 140 cm³/mol. The van der Waals surface area contributed by atoms with E-state index in [1.54, 1.807) is 0 Å². The van der Waals surface area contributed by atoms with Crippen molar-refractivity contribution in [2.45, 2.75) is 83.3 Å². The number of nitrogens with one attached hydrogen (secondary N) is 5. The number of amides is 6. The molecule has 0 aromatic rings. The van der Waals surface area contributed by atoms with Gasteiger partial charge in [-0.3, -0.25) is 28.8 Å². The second kappa shape index (κ2) is 12.2. The fraction of sp³-hybridized carbons (Fsp3) is 0.731. The number of aliphatic carboxylic acids is 1. The Morgan fingerprint density at radius 2 is 1.48 bits per heavy atom. The molecule has 222 valence electrons. The molecule has 14 heteroatoms. The van der Waals surface area contributed by atoms with Crippen molar-refractivity contribution in [2.75, 3.05) is 13.1 Å². The Bertz CT molecular complexity index is 1060. The monoisotopic (exact) mass is 564 g/mol. The number of nitrogens with two attached hydrogens (primary N) is 1. The Hall–Kier alpha value is -3.71. The van der Waals surface area contributed by atoms with Gasteiger partial charge in [0.25, 0.3) is 5.91 Å². The first-order chi connectivity index (χ1) is 18.6. The Kier molecular flexibility index (Phi) is 9.41. The Labute approximate surface area is 232 Å². The molecule has 4 saturated carbocycles. The van der Waals surface area contributed by atoms with Crippen LogP contribution in [0.5, 0.6) is 0 Å². The molecule has 40 heavy (non-hydrogen) atoms. The Balaban J connectivity index is 1.53. The van der Waals surface area contributed by atoms with Crippen molar-refractivity contribution in [1.82, 2.24) is 26.6 Å². The molecule has 4 fully saturated rings. The van der Waals surface area contributed by atoms with Crippen LogP contribution >= 0.6 is 0 Å². The van der Waals surface area contributed by atoms with Gasteiger partial charge in [-0.25, -0.2) is 4.79 Å². The highest BCUT2D eigenvalue weighted by Gasteiger charge is 2.60. The molecule has 14 nitrogen and oxygen atoms in total. The highest BCUT2D eigenvalue weighted by molar-refractivity contribution is 6.04. The number of hydrogen-bond acceptors (Lipinski definition) is 7. The topological polar surface area (TPSA) is 226 Å². The van der Waals surface area contributed by atoms with Crippen LogP contribution in [0.4, 0.5) is 0 Å². The second-order valence-corrected chi connectivity index (χ2v) is 12.1. The van der Waals surface area contributed by atoms with Crippen molar-refractivity contribution in [3.8, 4) is 0 Å². The molecular formula is C26H40N6O8. The summed E-state index contributed by atoms with van der Waals surface area (Å²) >= 11 is 0. The lowest BCUT2D eigenvalue weighted by atomic mass is 9.46. The minimum Gasteiger partial charge on any atom is -0.479 e. The molecule has 4 rings (SSSR count). The smallest absolute Gasteiger partial charge is 0.336 e. The van der Waals surface area contributed by atoms with Gasteiger partial charge in [0, 0.05) is 12.5 Å². The number of carboxylic acids is 1. The van der Waals surface area contributed by atoms with Gasteiger partial charge in [-0.2, -0.15) is 0 Å². The van der Waals surface area contributed by atoms with E-state index in [1.807, 2.05) is 19.2 Å². The molecule has 0 aromatic carbocycles. The maximum atomic E-state index is 13.4. The first-order valence-electron chi connectivity index (χ1n) is 13.6. The standard InChI is InChI=1S/C26H40N6O8/c1-13(2)4-17(21(36)32-26-8-15-5-16(9-26)7-25(6-15,12-26)24(27)40)31-19(35)11-28-18(34)10-29-22(37)20(23(38)39)30-14(3)33/h13,15-17,20H,4-12H2,1-3H3,(H2,27,40)(H,28,34)(H,29,37)(H,30,33)(H,31,35)(H,32,36)(H,38,39)/t15-,16+,17-,20+,25?,26?/m0/s1. The third-order valence-electron chi connectivity index (χ3n) is 8.06. The highest BCUT2D eigenvalue weighted by atomic mass is 16.4. The molecule has 4 aliphatic rings. The van der Waals surface area contributed by atoms with Crippen molar-refractivity contribution in [2.24, 2.45) is 28.9 Å². The molecule has 0 radical (unpaired) electrons. The number of carbonyl (C=O) groups is 7. The van der Waals surface area contributed by atoms with Crippen molar-refractivity contribution < 1.29 is 38.7 Å². The lowest BCUT2D eigenvalue weighted by molar-refractivity contribution is -0.151. The first kappa shape index (κ1) is 30.8. The summed E-state index contributed by atoms with van der Waals surface area (Å²) in [4.78, 5) is 84.7. The summed E-state index contributed by atoms with van der Waals surface area (Å²) in [6.07, 6.45) is 4.95. The summed E-state index contributed by atoms with van der Waals surface area (Å²) in [6.45, 7) is 3.76. The van der Waals surface area contributed by atoms with E-state index >= 15 is 0 Å². The molecule has 6 atom stereocenters. The zero-order valence-electron chi connectivity index (χ0n) is 23.1. The van der Waals surface area contributed by atoms with E-state index in [0.717, 1.165) is 39.0 Å². The normalized spacial score (nSPS) is 27.7. The van der Waals surface area contributed by atoms with Gasteiger partial charge in [-0.05, 0) is 62.7 Å². The number of carboxylic acid groups (broad SMARTS) is 1. The summed E-state index contributed by atoms with van der Waals surface area (Å²) in [5, 5.41) is 21.2. The molecule has 0 aromatic heterocycles. The van der Waals surface area contributed by atoms with Gasteiger partial charge < -0.3 is 37.4 Å². The largest absolute Gasteiger partial charge is 0.479 e. The van der Waals surface area contributed by atoms with Gasteiger partial charge in [-0.1, -0.05) is 13.8 Å². The molecule has 0 aliphatic heterocycles. The SMILES string of the molecule is CC(=O)N[C@@H](C(=O)O)C(=O)NCC(=O)NCC(=O)N[C@@H](CC(C)C)C(=O)NC12C[C@H]3C[C@@H](C1)CC(C(N)=O)(C3)C2. The van der Waals surface area contributed by atoms with E-state index in [2.05, 4.69) is 21.3 Å². The average Bonchev–Trinajstić information content (AvgIpc) is 2.82. The van der Waals surface area contributed by atoms with Crippen LogP contribution in [-0.4, -0.2) is 77.2 Å². The van der Waals surface area contributed by atoms with E-state index in [0.29, 0.717) is 24.7 Å². The Morgan fingerprint density at radius 3 is 2.00 bits per heavy atom. The minimum atomic E-state index is -1.87. The number of hydrogen-bond donors (Lipinski definition) is 7. The highest BCUT2D eigenvalue weighted by Crippen LogP contribution is 2.61. The molecule has 0 heterocycles. The number of rotatable bonds is 13. The number of carbonyl (C=O) groups excluding carboxylic acids is 6. The van der Waals surface area contributed by atoms with Gasteiger partial charge in [0.05, 0.1) is 18.5 Å². The van der Waals surface area contributed by atoms with Crippen molar-refractivity contribution in [3.63, 3.8) is 0 Å². The van der Waals surface area contributed by atoms with Gasteiger partial charge in [-0.15, -0.1) is 0 Å². The summed E-state index contributed by atoms with van der Waals surface area (Å²) < 4.78 is 0. The van der Waals surface area contributed by atoms with Crippen LogP contribution < -0.4 is 32.3 Å². The van der Waals surface area contributed by atoms with Gasteiger partial charge in [0.15, 0.2) is 0 Å². The third kappa shape index (κ3) is 7.48. The van der Waals surface area contributed by atoms with Crippen LogP contribution in [0.2, 0.25) is 0 Å². The molecule has 6 amide bonds. The minimum absolute atomic E-state index is 0.0694. The summed E-state index contributed by atoms with van der Waals surface area (Å²) in [5.74, 6) is -4.77. The molecule has 8 N–H and O–H groups in total. The van der Waals surface area contributed by atoms with Gasteiger partial charge in [0.1, 0.15) is 6.04 Å². The molecule has 0 saturated heterocycles. The zero-order chi connectivity index (χ0) is 29.8. The maximum Gasteiger partial charge on any atom is 0.336 e. The fourth-order valence-corrected chi connectivity index (χ4v) is 6.95. The van der Waals surface area contributed by atoms with Gasteiger partial charge >= 0.3 is 5.97 Å². The Morgan fingerprint density at radius 1 is 0.875 bits per heavy atom. The van der Waals surface area contributed by atoms with Crippen molar-refractivity contribution in [3.05, 3.63) is 0 Å². The maximum absolute atomic E-state index is 13.4. The van der Waals surface area contributed by atoms with E-state index in [-0.39, 0.29) is 17.7 Å². The van der Waals surface area contributed by atoms with Crippen LogP contribution in [0.3, 0.4) is 0 Å². The third-order valence-corrected chi connectivity index (χ3v) is 8.06. The molecule has 0 spiro atoms. The van der Waals surface area contributed by atoms with Gasteiger partial charge in [0.2, 0.25) is 35.6 Å². The average molecular weight is 565 g/mol. The lowest BCUT2D eigenvalue weighted by Gasteiger charge is -2.61. The molecule has 2 unspecified atom stereocenters. The zero-order valence-corrected chi connectivity index (χ0v) is 23.1. The van der Waals surface area contributed by atoms with E-state index in [9.17, 15) is 33.6 Å². The summed E-state index contributed by atoms with van der Waals surface area (Å²) in [5.41, 5.74) is 4.68. The number of primary amides is 1. The van der Waals surface area contributed by atoms with Crippen LogP contribution in [-0.2, 0) is 33.6 Å². The van der Waals surface area contributed by atoms with E-state index < -0.39 is 65.7 Å². The second-order valence-electron chi connectivity index (χ2n) is 12.1. The van der Waals surface area contributed by atoms with Crippen LogP contribution in [0.1, 0.15) is 65.7 Å². The molecular weight excluding hydrogens is 524 g/mol. The quantitative estimate of drug-likeness (QED) is 0.127. The van der Waals surface area contributed by atoms with Crippen LogP contribution in [0.15, 0.2) is 0 Å². The fourth-order valence-electron chi connectivity index (χ4n) is 6.95. The van der Waals surface area contributed by atoms with Crippen molar-refractivity contribution >= 4 is 41.4 Å². The molecule has 4 bridgehead atoms. The first-order valence-corrected chi connectivity index (χ1v) is 13.6. The van der Waals surface area contributed by atoms with Crippen LogP contribution in [0.25, 0.3) is 0 Å². The summed E-state index contributed by atoms with van der Waals surface area (Å²) in [6, 6.07) is -2.73. The lowest BCUT2D eigenvalue weighted by Crippen LogP contribution is -2.67. The van der Waals surface area contributed by atoms with Crippen molar-refractivity contribution in [1.29, 1.82) is 0 Å². The van der Waals surface area contributed by atoms with E-state index in [1.165, 1.54) is 0 Å². The molecule has 4 aliphatic carbocycles. The summed E-state index contributed by atoms with van der Waals surface area (Å²) in [7, 11) is 0. The predicted octanol–water partition coefficient (Wildman–Crippen LogP) is -1.72. The van der Waals surface area contributed by atoms with E-state index in [4.69, 9.17) is 10.8 Å². The van der Waals surface area contributed by atoms with Crippen LogP contribution in [0, 0.1) is 23.2 Å².